The van der Waals surface area contributed by atoms with E-state index in [1.165, 1.54) is 0 Å². The molecule has 0 radical (unpaired) electrons. The number of terminal acetylenes is 1. The number of fused-ring (bicyclic) bond motifs is 1. The maximum atomic E-state index is 5.58. The second-order valence-electron chi connectivity index (χ2n) is 4.32. The largest absolute Gasteiger partial charge is 0.248 e. The Kier molecular flexibility index (Phi) is 3.19. The normalized spacial score (nSPS) is 9.55. The van der Waals surface area contributed by atoms with Gasteiger partial charge in [-0.25, -0.2) is 4.98 Å². The van der Waals surface area contributed by atoms with E-state index in [9.17, 15) is 0 Å². The van der Waals surface area contributed by atoms with Crippen LogP contribution >= 0.6 is 0 Å². The Morgan fingerprint density at radius 2 is 1.60 bits per heavy atom. The first-order valence-electron chi connectivity index (χ1n) is 6.30. The summed E-state index contributed by atoms with van der Waals surface area (Å²) in [5.74, 6) is 8.97. The SMILES string of the molecule is C#Cc1cccc2cccc(C#Cc3ccccn3)c12. The van der Waals surface area contributed by atoms with Crippen molar-refractivity contribution in [3.63, 3.8) is 0 Å². The average molecular weight is 253 g/mol. The summed E-state index contributed by atoms with van der Waals surface area (Å²) in [6, 6.07) is 17.7. The average Bonchev–Trinajstić information content (AvgIpc) is 2.53. The molecular weight excluding hydrogens is 242 g/mol. The molecule has 0 bridgehead atoms. The molecule has 0 N–H and O–H groups in total. The molecule has 0 spiro atoms. The molecule has 0 saturated heterocycles. The van der Waals surface area contributed by atoms with Crippen molar-refractivity contribution < 1.29 is 0 Å². The Bertz CT molecular complexity index is 854. The molecule has 0 aliphatic heterocycles. The van der Waals surface area contributed by atoms with Crippen molar-refractivity contribution in [2.24, 2.45) is 0 Å². The zero-order chi connectivity index (χ0) is 13.8. The molecule has 3 aromatic rings. The standard InChI is InChI=1S/C19H11N/c1-2-15-7-5-8-16-9-6-10-17(19(15)16)12-13-18-11-3-4-14-20-18/h1,3-11,14H. The summed E-state index contributed by atoms with van der Waals surface area (Å²) in [6.45, 7) is 0. The molecule has 1 nitrogen and oxygen atoms in total. The summed E-state index contributed by atoms with van der Waals surface area (Å²) >= 11 is 0. The lowest BCUT2D eigenvalue weighted by atomic mass is 10.00. The first-order chi connectivity index (χ1) is 9.88. The third-order valence-electron chi connectivity index (χ3n) is 3.05. The van der Waals surface area contributed by atoms with E-state index in [1.54, 1.807) is 6.20 Å². The van der Waals surface area contributed by atoms with Gasteiger partial charge in [-0.05, 0) is 35.6 Å². The smallest absolute Gasteiger partial charge is 0.113 e. The molecule has 0 atom stereocenters. The topological polar surface area (TPSA) is 12.9 Å². The van der Waals surface area contributed by atoms with Crippen LogP contribution in [-0.2, 0) is 0 Å². The fraction of sp³-hybridized carbons (Fsp3) is 0. The van der Waals surface area contributed by atoms with Crippen molar-refractivity contribution in [1.82, 2.24) is 4.98 Å². The molecule has 0 fully saturated rings. The fourth-order valence-corrected chi connectivity index (χ4v) is 2.13. The molecule has 92 valence electrons. The highest BCUT2D eigenvalue weighted by Gasteiger charge is 2.02. The van der Waals surface area contributed by atoms with Gasteiger partial charge in [0.2, 0.25) is 0 Å². The van der Waals surface area contributed by atoms with Crippen LogP contribution in [0.3, 0.4) is 0 Å². The Labute approximate surface area is 118 Å². The van der Waals surface area contributed by atoms with Crippen LogP contribution in [0.1, 0.15) is 16.8 Å². The summed E-state index contributed by atoms with van der Waals surface area (Å²) in [5, 5.41) is 2.13. The van der Waals surface area contributed by atoms with Gasteiger partial charge in [-0.2, -0.15) is 0 Å². The lowest BCUT2D eigenvalue weighted by molar-refractivity contribution is 1.29. The van der Waals surface area contributed by atoms with Gasteiger partial charge in [-0.15, -0.1) is 6.42 Å². The van der Waals surface area contributed by atoms with Crippen molar-refractivity contribution in [2.45, 2.75) is 0 Å². The van der Waals surface area contributed by atoms with Crippen LogP contribution < -0.4 is 0 Å². The van der Waals surface area contributed by atoms with E-state index in [0.717, 1.165) is 27.6 Å². The van der Waals surface area contributed by atoms with Crippen LogP contribution in [0.5, 0.6) is 0 Å². The molecule has 0 unspecified atom stereocenters. The van der Waals surface area contributed by atoms with E-state index in [0.29, 0.717) is 0 Å². The number of hydrogen-bond acceptors (Lipinski definition) is 1. The van der Waals surface area contributed by atoms with Gasteiger partial charge in [0.15, 0.2) is 0 Å². The highest BCUT2D eigenvalue weighted by molar-refractivity contribution is 5.93. The molecule has 2 aromatic carbocycles. The van der Waals surface area contributed by atoms with Crippen LogP contribution in [0.2, 0.25) is 0 Å². The summed E-state index contributed by atoms with van der Waals surface area (Å²) in [6.07, 6.45) is 7.32. The van der Waals surface area contributed by atoms with Gasteiger partial charge in [0.1, 0.15) is 5.69 Å². The number of rotatable bonds is 0. The highest BCUT2D eigenvalue weighted by atomic mass is 14.6. The summed E-state index contributed by atoms with van der Waals surface area (Å²) in [5.41, 5.74) is 2.55. The van der Waals surface area contributed by atoms with E-state index in [1.807, 2.05) is 54.6 Å². The van der Waals surface area contributed by atoms with Crippen molar-refractivity contribution >= 4 is 10.8 Å². The van der Waals surface area contributed by atoms with Crippen LogP contribution in [0, 0.1) is 24.2 Å². The number of benzene rings is 2. The predicted molar refractivity (Wildman–Crippen MR) is 82.1 cm³/mol. The molecule has 0 aliphatic rings. The van der Waals surface area contributed by atoms with Gasteiger partial charge in [0, 0.05) is 22.7 Å². The molecule has 1 aromatic heterocycles. The predicted octanol–water partition coefficient (Wildman–Crippen LogP) is 3.62. The molecular formula is C19H11N. The Balaban J connectivity index is 2.19. The minimum Gasteiger partial charge on any atom is -0.248 e. The Morgan fingerprint density at radius 3 is 2.30 bits per heavy atom. The number of nitrogens with zero attached hydrogens (tertiary/aromatic N) is 1. The number of aromatic nitrogens is 1. The maximum absolute atomic E-state index is 5.58. The van der Waals surface area contributed by atoms with Crippen LogP contribution in [0.15, 0.2) is 60.8 Å². The van der Waals surface area contributed by atoms with Gasteiger partial charge < -0.3 is 0 Å². The van der Waals surface area contributed by atoms with E-state index >= 15 is 0 Å². The minimum atomic E-state index is 0.752. The van der Waals surface area contributed by atoms with Gasteiger partial charge in [-0.1, -0.05) is 42.2 Å². The molecule has 1 heterocycles. The van der Waals surface area contributed by atoms with E-state index in [2.05, 4.69) is 22.7 Å². The Morgan fingerprint density at radius 1 is 0.800 bits per heavy atom. The molecule has 1 heteroatoms. The lowest BCUT2D eigenvalue weighted by Gasteiger charge is -2.03. The van der Waals surface area contributed by atoms with Gasteiger partial charge in [0.05, 0.1) is 0 Å². The molecule has 20 heavy (non-hydrogen) atoms. The van der Waals surface area contributed by atoms with Gasteiger partial charge in [0.25, 0.3) is 0 Å². The lowest BCUT2D eigenvalue weighted by Crippen LogP contribution is -1.85. The summed E-state index contributed by atoms with van der Waals surface area (Å²) in [7, 11) is 0. The zero-order valence-corrected chi connectivity index (χ0v) is 10.8. The van der Waals surface area contributed by atoms with Crippen molar-refractivity contribution in [2.75, 3.05) is 0 Å². The van der Waals surface area contributed by atoms with E-state index in [4.69, 9.17) is 6.42 Å². The molecule has 0 amide bonds. The summed E-state index contributed by atoms with van der Waals surface area (Å²) in [4.78, 5) is 4.20. The van der Waals surface area contributed by atoms with Crippen molar-refractivity contribution in [3.05, 3.63) is 77.6 Å². The van der Waals surface area contributed by atoms with E-state index in [-0.39, 0.29) is 0 Å². The van der Waals surface area contributed by atoms with Gasteiger partial charge in [-0.3, -0.25) is 0 Å². The van der Waals surface area contributed by atoms with Crippen LogP contribution in [-0.4, -0.2) is 4.98 Å². The van der Waals surface area contributed by atoms with Crippen LogP contribution in [0.25, 0.3) is 10.8 Å². The molecule has 3 rings (SSSR count). The number of hydrogen-bond donors (Lipinski definition) is 0. The summed E-state index contributed by atoms with van der Waals surface area (Å²) < 4.78 is 0. The fourth-order valence-electron chi connectivity index (χ4n) is 2.13. The Hall–Kier alpha value is -3.03. The second-order valence-corrected chi connectivity index (χ2v) is 4.32. The first kappa shape index (κ1) is 12.0. The first-order valence-corrected chi connectivity index (χ1v) is 6.30. The van der Waals surface area contributed by atoms with E-state index < -0.39 is 0 Å². The highest BCUT2D eigenvalue weighted by Crippen LogP contribution is 2.22. The third kappa shape index (κ3) is 2.26. The van der Waals surface area contributed by atoms with Gasteiger partial charge >= 0.3 is 0 Å². The maximum Gasteiger partial charge on any atom is 0.113 e. The molecule has 0 saturated carbocycles. The van der Waals surface area contributed by atoms with Crippen molar-refractivity contribution in [3.8, 4) is 24.2 Å². The second kappa shape index (κ2) is 5.31. The minimum absolute atomic E-state index is 0.752. The quantitative estimate of drug-likeness (QED) is 0.558. The van der Waals surface area contributed by atoms with Crippen LogP contribution in [0.4, 0.5) is 0 Å². The third-order valence-corrected chi connectivity index (χ3v) is 3.05. The number of pyridine rings is 1. The van der Waals surface area contributed by atoms with Crippen molar-refractivity contribution in [1.29, 1.82) is 0 Å². The monoisotopic (exact) mass is 253 g/mol. The molecule has 0 aliphatic carbocycles. The zero-order valence-electron chi connectivity index (χ0n) is 10.8.